The summed E-state index contributed by atoms with van der Waals surface area (Å²) < 4.78 is 5.29. The van der Waals surface area contributed by atoms with Crippen LogP contribution >= 0.6 is 11.6 Å². The first-order valence-corrected chi connectivity index (χ1v) is 9.32. The molecule has 1 amide bonds. The Labute approximate surface area is 171 Å². The highest BCUT2D eigenvalue weighted by Crippen LogP contribution is 2.31. The lowest BCUT2D eigenvalue weighted by atomic mass is 10.2. The number of esters is 1. The highest BCUT2D eigenvalue weighted by Gasteiger charge is 2.29. The summed E-state index contributed by atoms with van der Waals surface area (Å²) in [6.45, 7) is 0.000892. The molecule has 0 atom stereocenters. The van der Waals surface area contributed by atoms with Gasteiger partial charge in [-0.05, 0) is 31.0 Å². The molecule has 0 radical (unpaired) electrons. The van der Waals surface area contributed by atoms with Crippen LogP contribution in [0.1, 0.15) is 28.8 Å². The van der Waals surface area contributed by atoms with Gasteiger partial charge < -0.3 is 10.1 Å². The van der Waals surface area contributed by atoms with Crippen LogP contribution in [-0.2, 0) is 16.1 Å². The van der Waals surface area contributed by atoms with Crippen LogP contribution in [-0.4, -0.2) is 31.8 Å². The Balaban J connectivity index is 1.36. The monoisotopic (exact) mass is 409 g/mol. The summed E-state index contributed by atoms with van der Waals surface area (Å²) in [4.78, 5) is 40.4. The van der Waals surface area contributed by atoms with Gasteiger partial charge >= 0.3 is 5.97 Å². The Hall–Kier alpha value is -3.39. The van der Waals surface area contributed by atoms with Gasteiger partial charge in [-0.1, -0.05) is 11.6 Å². The first kappa shape index (κ1) is 18.9. The summed E-state index contributed by atoms with van der Waals surface area (Å²) in [7, 11) is 0. The highest BCUT2D eigenvalue weighted by atomic mass is 35.5. The van der Waals surface area contributed by atoms with Gasteiger partial charge in [-0.25, -0.2) is 24.7 Å². The van der Waals surface area contributed by atoms with Gasteiger partial charge in [0.25, 0.3) is 0 Å². The average Bonchev–Trinajstić information content (AvgIpc) is 3.59. The molecule has 2 aromatic heterocycles. The van der Waals surface area contributed by atoms with Crippen molar-refractivity contribution in [2.75, 3.05) is 5.32 Å². The van der Waals surface area contributed by atoms with E-state index < -0.39 is 5.97 Å². The Morgan fingerprint density at radius 1 is 1.10 bits per heavy atom. The first-order chi connectivity index (χ1) is 14.1. The van der Waals surface area contributed by atoms with E-state index in [1.807, 2.05) is 0 Å². The Morgan fingerprint density at radius 2 is 1.83 bits per heavy atom. The minimum Gasteiger partial charge on any atom is -0.457 e. The molecule has 0 unspecified atom stereocenters. The number of nitrogens with zero attached hydrogens (tertiary/aromatic N) is 4. The van der Waals surface area contributed by atoms with E-state index in [1.165, 1.54) is 18.5 Å². The summed E-state index contributed by atoms with van der Waals surface area (Å²) in [6, 6.07) is 4.70. The third kappa shape index (κ3) is 4.72. The van der Waals surface area contributed by atoms with E-state index in [0.29, 0.717) is 22.6 Å². The quantitative estimate of drug-likeness (QED) is 0.622. The predicted molar refractivity (Wildman–Crippen MR) is 105 cm³/mol. The number of benzene rings is 1. The van der Waals surface area contributed by atoms with Crippen LogP contribution in [0.3, 0.4) is 0 Å². The van der Waals surface area contributed by atoms with E-state index in [2.05, 4.69) is 25.3 Å². The van der Waals surface area contributed by atoms with Gasteiger partial charge in [0, 0.05) is 42.0 Å². The van der Waals surface area contributed by atoms with Gasteiger partial charge in [-0.3, -0.25) is 4.79 Å². The van der Waals surface area contributed by atoms with Gasteiger partial charge in [0.05, 0.1) is 16.1 Å². The summed E-state index contributed by atoms with van der Waals surface area (Å²) in [6.07, 6.45) is 9.61. The largest absolute Gasteiger partial charge is 0.457 e. The molecule has 1 aliphatic rings. The number of ether oxygens (including phenoxy) is 1. The number of anilines is 1. The number of rotatable bonds is 6. The number of hydrogen-bond donors (Lipinski definition) is 1. The lowest BCUT2D eigenvalue weighted by molar-refractivity contribution is -0.117. The van der Waals surface area contributed by atoms with Crippen LogP contribution in [0.4, 0.5) is 5.69 Å². The number of halogens is 1. The Morgan fingerprint density at radius 3 is 2.48 bits per heavy atom. The van der Waals surface area contributed by atoms with E-state index in [4.69, 9.17) is 16.3 Å². The van der Waals surface area contributed by atoms with Crippen molar-refractivity contribution in [1.29, 1.82) is 0 Å². The zero-order chi connectivity index (χ0) is 20.2. The molecule has 0 saturated heterocycles. The molecule has 1 aromatic carbocycles. The number of aromatic nitrogens is 4. The molecule has 1 saturated carbocycles. The van der Waals surface area contributed by atoms with E-state index in [1.54, 1.807) is 30.9 Å². The second-order valence-corrected chi connectivity index (χ2v) is 6.98. The normalized spacial score (nSPS) is 13.0. The van der Waals surface area contributed by atoms with Crippen molar-refractivity contribution < 1.29 is 14.3 Å². The van der Waals surface area contributed by atoms with E-state index in [0.717, 1.165) is 12.8 Å². The van der Waals surface area contributed by atoms with Crippen LogP contribution in [0.25, 0.3) is 11.4 Å². The van der Waals surface area contributed by atoms with Crippen molar-refractivity contribution in [1.82, 2.24) is 19.9 Å². The lowest BCUT2D eigenvalue weighted by Gasteiger charge is -2.09. The fourth-order valence-electron chi connectivity index (χ4n) is 2.57. The van der Waals surface area contributed by atoms with Crippen molar-refractivity contribution in [3.05, 3.63) is 65.5 Å². The van der Waals surface area contributed by atoms with Gasteiger partial charge in [-0.2, -0.15) is 0 Å². The number of amides is 1. The summed E-state index contributed by atoms with van der Waals surface area (Å²) in [5.74, 6) is -0.0356. The Bertz CT molecular complexity index is 1040. The molecular weight excluding hydrogens is 394 g/mol. The second-order valence-electron chi connectivity index (χ2n) is 6.58. The van der Waals surface area contributed by atoms with Crippen LogP contribution in [0.15, 0.2) is 49.3 Å². The number of carbonyl (C=O) groups is 2. The van der Waals surface area contributed by atoms with E-state index >= 15 is 0 Å². The van der Waals surface area contributed by atoms with Gasteiger partial charge in [0.15, 0.2) is 5.82 Å². The highest BCUT2D eigenvalue weighted by molar-refractivity contribution is 6.34. The molecule has 1 fully saturated rings. The van der Waals surface area contributed by atoms with Crippen molar-refractivity contribution in [3.8, 4) is 11.4 Å². The fraction of sp³-hybridized carbons (Fsp3) is 0.200. The van der Waals surface area contributed by atoms with E-state index in [-0.39, 0.29) is 29.0 Å². The van der Waals surface area contributed by atoms with Crippen LogP contribution in [0.5, 0.6) is 0 Å². The zero-order valence-corrected chi connectivity index (χ0v) is 16.0. The maximum atomic E-state index is 12.3. The maximum Gasteiger partial charge on any atom is 0.339 e. The minimum absolute atomic E-state index is 0.000892. The third-order valence-corrected chi connectivity index (χ3v) is 4.61. The molecule has 1 aliphatic carbocycles. The molecular formula is C20H16ClN5O3. The van der Waals surface area contributed by atoms with Crippen LogP contribution < -0.4 is 5.32 Å². The molecule has 1 N–H and O–H groups in total. The SMILES string of the molecule is O=C(OCc1cnc(-c2cncnc2)nc1)c1ccc(NC(=O)C2CC2)cc1Cl. The van der Waals surface area contributed by atoms with E-state index in [9.17, 15) is 9.59 Å². The molecule has 0 spiro atoms. The van der Waals surface area contributed by atoms with Gasteiger partial charge in [0.2, 0.25) is 5.91 Å². The third-order valence-electron chi connectivity index (χ3n) is 4.30. The number of carbonyl (C=O) groups excluding carboxylic acids is 2. The van der Waals surface area contributed by atoms with Crippen LogP contribution in [0.2, 0.25) is 5.02 Å². The predicted octanol–water partition coefficient (Wildman–Crippen LogP) is 3.29. The smallest absolute Gasteiger partial charge is 0.339 e. The molecule has 3 aromatic rings. The first-order valence-electron chi connectivity index (χ1n) is 8.94. The Kier molecular flexibility index (Phi) is 5.44. The summed E-state index contributed by atoms with van der Waals surface area (Å²) in [5.41, 5.74) is 2.09. The number of hydrogen-bond acceptors (Lipinski definition) is 7. The minimum atomic E-state index is -0.574. The van der Waals surface area contributed by atoms with Crippen molar-refractivity contribution in [2.24, 2.45) is 5.92 Å². The van der Waals surface area contributed by atoms with Crippen molar-refractivity contribution in [2.45, 2.75) is 19.4 Å². The molecule has 4 rings (SSSR count). The van der Waals surface area contributed by atoms with Crippen molar-refractivity contribution in [3.63, 3.8) is 0 Å². The molecule has 146 valence electrons. The van der Waals surface area contributed by atoms with Crippen molar-refractivity contribution >= 4 is 29.2 Å². The van der Waals surface area contributed by atoms with Gasteiger partial charge in [-0.15, -0.1) is 0 Å². The molecule has 0 bridgehead atoms. The maximum absolute atomic E-state index is 12.3. The second kappa shape index (κ2) is 8.32. The fourth-order valence-corrected chi connectivity index (χ4v) is 2.83. The standard InChI is InChI=1S/C20H16ClN5O3/c21-17-5-15(26-19(27)13-1-2-13)3-4-16(17)20(28)29-10-12-6-24-18(25-7-12)14-8-22-11-23-9-14/h3-9,11,13H,1-2,10H2,(H,26,27). The number of nitrogens with one attached hydrogen (secondary N) is 1. The summed E-state index contributed by atoms with van der Waals surface area (Å²) >= 11 is 6.18. The molecule has 9 heteroatoms. The molecule has 29 heavy (non-hydrogen) atoms. The molecule has 8 nitrogen and oxygen atoms in total. The average molecular weight is 410 g/mol. The topological polar surface area (TPSA) is 107 Å². The molecule has 2 heterocycles. The lowest BCUT2D eigenvalue weighted by Crippen LogP contribution is -2.13. The summed E-state index contributed by atoms with van der Waals surface area (Å²) in [5, 5.41) is 2.99. The van der Waals surface area contributed by atoms with Gasteiger partial charge in [0.1, 0.15) is 12.9 Å². The zero-order valence-electron chi connectivity index (χ0n) is 15.2. The molecule has 0 aliphatic heterocycles. The van der Waals surface area contributed by atoms with Crippen LogP contribution in [0, 0.1) is 5.92 Å².